The Bertz CT molecular complexity index is 624. The van der Waals surface area contributed by atoms with Crippen molar-refractivity contribution < 1.29 is 0 Å². The van der Waals surface area contributed by atoms with Gasteiger partial charge >= 0.3 is 0 Å². The Morgan fingerprint density at radius 3 is 2.67 bits per heavy atom. The van der Waals surface area contributed by atoms with Crippen LogP contribution in [0.2, 0.25) is 10.0 Å². The quantitative estimate of drug-likeness (QED) is 0.862. The lowest BCUT2D eigenvalue weighted by molar-refractivity contribution is 0.461. The topological polar surface area (TPSA) is 12.0 Å². The third kappa shape index (κ3) is 3.79. The summed E-state index contributed by atoms with van der Waals surface area (Å²) in [6.45, 7) is 0.953. The minimum Gasteiger partial charge on any atom is -0.313 e. The van der Waals surface area contributed by atoms with Crippen LogP contribution in [0.1, 0.15) is 23.1 Å². The number of rotatable bonds is 4. The normalized spacial score (nSPS) is 17.5. The van der Waals surface area contributed by atoms with E-state index in [2.05, 4.69) is 29.6 Å². The first-order valence-electron chi connectivity index (χ1n) is 7.46. The van der Waals surface area contributed by atoms with Crippen LogP contribution < -0.4 is 5.32 Å². The van der Waals surface area contributed by atoms with Crippen molar-refractivity contribution in [3.05, 3.63) is 69.2 Å². The summed E-state index contributed by atoms with van der Waals surface area (Å²) < 4.78 is 0. The summed E-state index contributed by atoms with van der Waals surface area (Å²) >= 11 is 12.1. The molecule has 0 saturated heterocycles. The van der Waals surface area contributed by atoms with Gasteiger partial charge in [0.15, 0.2) is 0 Å². The van der Waals surface area contributed by atoms with E-state index in [0.717, 1.165) is 30.0 Å². The van der Waals surface area contributed by atoms with E-state index in [1.165, 1.54) is 24.0 Å². The van der Waals surface area contributed by atoms with Gasteiger partial charge in [-0.1, -0.05) is 53.5 Å². The molecule has 110 valence electrons. The first-order chi connectivity index (χ1) is 10.2. The average molecular weight is 320 g/mol. The average Bonchev–Trinajstić information content (AvgIpc) is 2.49. The van der Waals surface area contributed by atoms with Crippen LogP contribution in [-0.4, -0.2) is 12.6 Å². The zero-order valence-corrected chi connectivity index (χ0v) is 13.4. The number of aryl methyl sites for hydroxylation is 1. The standard InChI is InChI=1S/C18H19Cl2N/c19-16-7-5-14(18(20)12-16)9-10-21-17-8-6-13-3-1-2-4-15(13)11-17/h1-5,7,12,17,21H,6,8-11H2. The van der Waals surface area contributed by atoms with Gasteiger partial charge < -0.3 is 5.32 Å². The van der Waals surface area contributed by atoms with Gasteiger partial charge in [-0.25, -0.2) is 0 Å². The third-order valence-corrected chi connectivity index (χ3v) is 4.78. The Morgan fingerprint density at radius 2 is 1.86 bits per heavy atom. The maximum absolute atomic E-state index is 6.21. The number of halogens is 2. The second-order valence-electron chi connectivity index (χ2n) is 5.65. The van der Waals surface area contributed by atoms with E-state index in [9.17, 15) is 0 Å². The van der Waals surface area contributed by atoms with Gasteiger partial charge in [-0.15, -0.1) is 0 Å². The molecule has 0 spiro atoms. The van der Waals surface area contributed by atoms with Crippen molar-refractivity contribution in [2.45, 2.75) is 31.7 Å². The van der Waals surface area contributed by atoms with Crippen molar-refractivity contribution in [3.8, 4) is 0 Å². The lowest BCUT2D eigenvalue weighted by Crippen LogP contribution is -2.35. The minimum absolute atomic E-state index is 0.575. The molecular weight excluding hydrogens is 301 g/mol. The third-order valence-electron chi connectivity index (χ3n) is 4.19. The number of nitrogens with one attached hydrogen (secondary N) is 1. The number of benzene rings is 2. The molecule has 1 unspecified atom stereocenters. The van der Waals surface area contributed by atoms with Gasteiger partial charge in [0.05, 0.1) is 0 Å². The largest absolute Gasteiger partial charge is 0.313 e. The number of fused-ring (bicyclic) bond motifs is 1. The van der Waals surface area contributed by atoms with Gasteiger partial charge in [-0.05, 0) is 61.1 Å². The van der Waals surface area contributed by atoms with Gasteiger partial charge in [-0.2, -0.15) is 0 Å². The summed E-state index contributed by atoms with van der Waals surface area (Å²) in [7, 11) is 0. The zero-order chi connectivity index (χ0) is 14.7. The molecule has 0 aromatic heterocycles. The monoisotopic (exact) mass is 319 g/mol. The highest BCUT2D eigenvalue weighted by Crippen LogP contribution is 2.22. The molecule has 1 N–H and O–H groups in total. The van der Waals surface area contributed by atoms with Crippen LogP contribution in [-0.2, 0) is 19.3 Å². The van der Waals surface area contributed by atoms with Crippen LogP contribution in [0.25, 0.3) is 0 Å². The number of hydrogen-bond donors (Lipinski definition) is 1. The van der Waals surface area contributed by atoms with Gasteiger partial charge in [0.25, 0.3) is 0 Å². The highest BCUT2D eigenvalue weighted by Gasteiger charge is 2.17. The molecular formula is C18H19Cl2N. The van der Waals surface area contributed by atoms with Crippen molar-refractivity contribution in [1.29, 1.82) is 0 Å². The molecule has 1 nitrogen and oxygen atoms in total. The predicted molar refractivity (Wildman–Crippen MR) is 90.4 cm³/mol. The van der Waals surface area contributed by atoms with Crippen molar-refractivity contribution >= 4 is 23.2 Å². The molecule has 21 heavy (non-hydrogen) atoms. The van der Waals surface area contributed by atoms with Crippen molar-refractivity contribution in [1.82, 2.24) is 5.32 Å². The van der Waals surface area contributed by atoms with Crippen LogP contribution in [0.4, 0.5) is 0 Å². The Labute approximate surface area is 136 Å². The summed E-state index contributed by atoms with van der Waals surface area (Å²) in [5.74, 6) is 0. The predicted octanol–water partition coefficient (Wildman–Crippen LogP) is 4.68. The molecule has 0 fully saturated rings. The van der Waals surface area contributed by atoms with Crippen LogP contribution in [0, 0.1) is 0 Å². The van der Waals surface area contributed by atoms with Gasteiger partial charge in [0.2, 0.25) is 0 Å². The van der Waals surface area contributed by atoms with E-state index in [1.54, 1.807) is 0 Å². The molecule has 1 atom stereocenters. The highest BCUT2D eigenvalue weighted by molar-refractivity contribution is 6.35. The summed E-state index contributed by atoms with van der Waals surface area (Å²) in [6, 6.07) is 15.1. The first-order valence-corrected chi connectivity index (χ1v) is 8.22. The van der Waals surface area contributed by atoms with Crippen LogP contribution >= 0.6 is 23.2 Å². The summed E-state index contributed by atoms with van der Waals surface area (Å²) in [4.78, 5) is 0. The van der Waals surface area contributed by atoms with E-state index in [1.807, 2.05) is 18.2 Å². The molecule has 0 aliphatic heterocycles. The number of hydrogen-bond acceptors (Lipinski definition) is 1. The SMILES string of the molecule is Clc1ccc(CCNC2CCc3ccccc3C2)c(Cl)c1. The Balaban J connectivity index is 1.52. The van der Waals surface area contributed by atoms with Crippen LogP contribution in [0.15, 0.2) is 42.5 Å². The lowest BCUT2D eigenvalue weighted by atomic mass is 9.88. The summed E-state index contributed by atoms with van der Waals surface area (Å²) in [5, 5.41) is 5.12. The molecule has 2 aromatic rings. The van der Waals surface area contributed by atoms with E-state index in [-0.39, 0.29) is 0 Å². The highest BCUT2D eigenvalue weighted by atomic mass is 35.5. The van der Waals surface area contributed by atoms with Crippen LogP contribution in [0.5, 0.6) is 0 Å². The molecule has 0 saturated carbocycles. The zero-order valence-electron chi connectivity index (χ0n) is 11.9. The Kier molecular flexibility index (Phi) is 4.84. The maximum Gasteiger partial charge on any atom is 0.0453 e. The van der Waals surface area contributed by atoms with E-state index >= 15 is 0 Å². The minimum atomic E-state index is 0.575. The molecule has 0 heterocycles. The summed E-state index contributed by atoms with van der Waals surface area (Å²) in [6.07, 6.45) is 4.46. The fourth-order valence-corrected chi connectivity index (χ4v) is 3.51. The fourth-order valence-electron chi connectivity index (χ4n) is 3.01. The summed E-state index contributed by atoms with van der Waals surface area (Å²) in [5.41, 5.74) is 4.16. The van der Waals surface area contributed by atoms with E-state index in [0.29, 0.717) is 11.1 Å². The molecule has 0 bridgehead atoms. The molecule has 3 rings (SSSR count). The molecule has 2 aromatic carbocycles. The molecule has 1 aliphatic carbocycles. The fraction of sp³-hybridized carbons (Fsp3) is 0.333. The molecule has 0 radical (unpaired) electrons. The van der Waals surface area contributed by atoms with Gasteiger partial charge in [0, 0.05) is 16.1 Å². The Hall–Kier alpha value is -1.02. The molecule has 3 heteroatoms. The van der Waals surface area contributed by atoms with Crippen molar-refractivity contribution in [2.75, 3.05) is 6.54 Å². The van der Waals surface area contributed by atoms with E-state index in [4.69, 9.17) is 23.2 Å². The Morgan fingerprint density at radius 1 is 1.05 bits per heavy atom. The van der Waals surface area contributed by atoms with E-state index < -0.39 is 0 Å². The van der Waals surface area contributed by atoms with Gasteiger partial charge in [-0.3, -0.25) is 0 Å². The molecule has 1 aliphatic rings. The van der Waals surface area contributed by atoms with Crippen molar-refractivity contribution in [2.24, 2.45) is 0 Å². The second kappa shape index (κ2) is 6.83. The molecule has 0 amide bonds. The lowest BCUT2D eigenvalue weighted by Gasteiger charge is -2.25. The maximum atomic E-state index is 6.21. The first kappa shape index (κ1) is 14.9. The smallest absolute Gasteiger partial charge is 0.0453 e. The van der Waals surface area contributed by atoms with Crippen LogP contribution in [0.3, 0.4) is 0 Å². The van der Waals surface area contributed by atoms with Gasteiger partial charge in [0.1, 0.15) is 0 Å². The van der Waals surface area contributed by atoms with Crippen molar-refractivity contribution in [3.63, 3.8) is 0 Å². The second-order valence-corrected chi connectivity index (χ2v) is 6.49.